The molecule has 0 saturated heterocycles. The second kappa shape index (κ2) is 9.69. The zero-order chi connectivity index (χ0) is 21.5. The highest BCUT2D eigenvalue weighted by molar-refractivity contribution is 7.14. The molecular formula is C24H18N2O4S. The molecule has 4 aromatic rings. The van der Waals surface area contributed by atoms with Crippen LogP contribution in [0.3, 0.4) is 0 Å². The van der Waals surface area contributed by atoms with Crippen LogP contribution < -0.4 is 10.1 Å². The van der Waals surface area contributed by atoms with Crippen molar-refractivity contribution in [3.63, 3.8) is 0 Å². The second-order valence-corrected chi connectivity index (χ2v) is 7.30. The van der Waals surface area contributed by atoms with Crippen molar-refractivity contribution >= 4 is 28.3 Å². The van der Waals surface area contributed by atoms with Gasteiger partial charge in [0.2, 0.25) is 0 Å². The lowest BCUT2D eigenvalue weighted by molar-refractivity contribution is -0.119. The second-order valence-electron chi connectivity index (χ2n) is 6.44. The van der Waals surface area contributed by atoms with Crippen molar-refractivity contribution in [3.8, 4) is 22.8 Å². The third kappa shape index (κ3) is 5.34. The van der Waals surface area contributed by atoms with E-state index in [1.807, 2.05) is 53.9 Å². The minimum absolute atomic E-state index is 0.236. The lowest BCUT2D eigenvalue weighted by Crippen LogP contribution is -2.21. The third-order valence-electron chi connectivity index (χ3n) is 4.23. The molecule has 0 aliphatic carbocycles. The molecule has 4 rings (SSSR count). The highest BCUT2D eigenvalue weighted by Crippen LogP contribution is 2.26. The van der Waals surface area contributed by atoms with E-state index in [0.29, 0.717) is 16.6 Å². The fraction of sp³-hybridized carbons (Fsp3) is 0.0417. The van der Waals surface area contributed by atoms with Gasteiger partial charge < -0.3 is 9.47 Å². The number of amides is 1. The maximum atomic E-state index is 12.5. The Balaban J connectivity index is 1.35. The number of para-hydroxylation sites is 2. The third-order valence-corrected chi connectivity index (χ3v) is 4.99. The van der Waals surface area contributed by atoms with E-state index < -0.39 is 18.5 Å². The van der Waals surface area contributed by atoms with Crippen molar-refractivity contribution in [1.29, 1.82) is 0 Å². The van der Waals surface area contributed by atoms with Crippen LogP contribution in [0.5, 0.6) is 11.5 Å². The average Bonchev–Trinajstić information content (AvgIpc) is 3.27. The number of nitrogens with zero attached hydrogens (tertiary/aromatic N) is 1. The number of hydrogen-bond acceptors (Lipinski definition) is 6. The first-order chi connectivity index (χ1) is 15.2. The summed E-state index contributed by atoms with van der Waals surface area (Å²) in [5.74, 6) is -0.167. The Hall–Kier alpha value is -3.97. The van der Waals surface area contributed by atoms with Crippen molar-refractivity contribution < 1.29 is 19.1 Å². The minimum Gasteiger partial charge on any atom is -0.456 e. The summed E-state index contributed by atoms with van der Waals surface area (Å²) in [6.45, 7) is -0.432. The van der Waals surface area contributed by atoms with Crippen molar-refractivity contribution in [2.45, 2.75) is 0 Å². The number of carbonyl (C=O) groups excluding carboxylic acids is 2. The lowest BCUT2D eigenvalue weighted by atomic mass is 10.2. The highest BCUT2D eigenvalue weighted by Gasteiger charge is 2.16. The number of ether oxygens (including phenoxy) is 2. The number of aromatic nitrogens is 1. The van der Waals surface area contributed by atoms with Gasteiger partial charge in [-0.2, -0.15) is 0 Å². The maximum absolute atomic E-state index is 12.5. The van der Waals surface area contributed by atoms with Gasteiger partial charge in [0.05, 0.1) is 5.69 Å². The average molecular weight is 430 g/mol. The molecule has 7 heteroatoms. The molecule has 1 heterocycles. The standard InChI is InChI=1S/C24H18N2O4S/c27-22(26-24-25-20(16-31-24)17-9-3-1-4-10-17)15-29-23(28)19-13-7-8-14-21(19)30-18-11-5-2-6-12-18/h1-14,16H,15H2,(H,25,26,27). The Morgan fingerprint density at radius 2 is 1.55 bits per heavy atom. The zero-order valence-electron chi connectivity index (χ0n) is 16.4. The van der Waals surface area contributed by atoms with Crippen LogP contribution in [0.4, 0.5) is 5.13 Å². The Bertz CT molecular complexity index is 1180. The topological polar surface area (TPSA) is 77.5 Å². The Morgan fingerprint density at radius 3 is 2.32 bits per heavy atom. The number of hydrogen-bond donors (Lipinski definition) is 1. The number of carbonyl (C=O) groups is 2. The first-order valence-electron chi connectivity index (χ1n) is 9.49. The summed E-state index contributed by atoms with van der Waals surface area (Å²) in [5.41, 5.74) is 1.96. The van der Waals surface area contributed by atoms with Gasteiger partial charge in [0.25, 0.3) is 5.91 Å². The molecule has 31 heavy (non-hydrogen) atoms. The molecule has 0 spiro atoms. The van der Waals surface area contributed by atoms with E-state index in [9.17, 15) is 9.59 Å². The van der Waals surface area contributed by atoms with Crippen LogP contribution in [0, 0.1) is 0 Å². The van der Waals surface area contributed by atoms with Crippen LogP contribution in [-0.2, 0) is 9.53 Å². The lowest BCUT2D eigenvalue weighted by Gasteiger charge is -2.10. The van der Waals surface area contributed by atoms with Crippen LogP contribution in [0.15, 0.2) is 90.3 Å². The van der Waals surface area contributed by atoms with Crippen molar-refractivity contribution in [1.82, 2.24) is 4.98 Å². The summed E-state index contributed by atoms with van der Waals surface area (Å²) in [4.78, 5) is 29.1. The summed E-state index contributed by atoms with van der Waals surface area (Å²) in [6, 6.07) is 25.5. The van der Waals surface area contributed by atoms with Crippen LogP contribution in [0.2, 0.25) is 0 Å². The van der Waals surface area contributed by atoms with Gasteiger partial charge in [0, 0.05) is 10.9 Å². The Labute approximate surface area is 183 Å². The molecule has 0 unspecified atom stereocenters. The SMILES string of the molecule is O=C(COC(=O)c1ccccc1Oc1ccccc1)Nc1nc(-c2ccccc2)cs1. The fourth-order valence-corrected chi connectivity index (χ4v) is 3.51. The van der Waals surface area contributed by atoms with Crippen molar-refractivity contribution in [2.75, 3.05) is 11.9 Å². The van der Waals surface area contributed by atoms with Gasteiger partial charge in [-0.1, -0.05) is 60.7 Å². The molecule has 1 amide bonds. The molecule has 3 aromatic carbocycles. The van der Waals surface area contributed by atoms with E-state index in [1.165, 1.54) is 11.3 Å². The van der Waals surface area contributed by atoms with Gasteiger partial charge in [-0.05, 0) is 24.3 Å². The van der Waals surface area contributed by atoms with Gasteiger partial charge in [0.1, 0.15) is 17.1 Å². The molecule has 154 valence electrons. The van der Waals surface area contributed by atoms with Gasteiger partial charge >= 0.3 is 5.97 Å². The van der Waals surface area contributed by atoms with Gasteiger partial charge in [0.15, 0.2) is 11.7 Å². The summed E-state index contributed by atoms with van der Waals surface area (Å²) in [7, 11) is 0. The Morgan fingerprint density at radius 1 is 0.871 bits per heavy atom. The predicted molar refractivity (Wildman–Crippen MR) is 119 cm³/mol. The van der Waals surface area contributed by atoms with Crippen molar-refractivity contribution in [3.05, 3.63) is 95.9 Å². The number of rotatable bonds is 7. The molecule has 0 radical (unpaired) electrons. The first kappa shape index (κ1) is 20.3. The quantitative estimate of drug-likeness (QED) is 0.397. The number of anilines is 1. The number of thiazole rings is 1. The van der Waals surface area contributed by atoms with E-state index in [2.05, 4.69) is 10.3 Å². The van der Waals surface area contributed by atoms with E-state index in [1.54, 1.807) is 36.4 Å². The molecule has 0 fully saturated rings. The fourth-order valence-electron chi connectivity index (χ4n) is 2.78. The molecule has 0 aliphatic heterocycles. The Kier molecular flexibility index (Phi) is 6.35. The van der Waals surface area contributed by atoms with Gasteiger partial charge in [-0.25, -0.2) is 9.78 Å². The van der Waals surface area contributed by atoms with Crippen molar-refractivity contribution in [2.24, 2.45) is 0 Å². The summed E-state index contributed by atoms with van der Waals surface area (Å²) >= 11 is 1.30. The smallest absolute Gasteiger partial charge is 0.342 e. The summed E-state index contributed by atoms with van der Waals surface area (Å²) in [6.07, 6.45) is 0. The molecule has 6 nitrogen and oxygen atoms in total. The monoisotopic (exact) mass is 430 g/mol. The molecule has 0 saturated carbocycles. The number of esters is 1. The van der Waals surface area contributed by atoms with Crippen LogP contribution in [0.1, 0.15) is 10.4 Å². The van der Waals surface area contributed by atoms with E-state index >= 15 is 0 Å². The van der Waals surface area contributed by atoms with Crippen LogP contribution in [0.25, 0.3) is 11.3 Å². The van der Waals surface area contributed by atoms with Crippen LogP contribution in [-0.4, -0.2) is 23.5 Å². The molecule has 1 aromatic heterocycles. The van der Waals surface area contributed by atoms with Gasteiger partial charge in [-0.15, -0.1) is 11.3 Å². The first-order valence-corrected chi connectivity index (χ1v) is 10.4. The zero-order valence-corrected chi connectivity index (χ0v) is 17.2. The number of benzene rings is 3. The highest BCUT2D eigenvalue weighted by atomic mass is 32.1. The van der Waals surface area contributed by atoms with Crippen LogP contribution >= 0.6 is 11.3 Å². The van der Waals surface area contributed by atoms with Gasteiger partial charge in [-0.3, -0.25) is 10.1 Å². The van der Waals surface area contributed by atoms with E-state index in [-0.39, 0.29) is 5.56 Å². The maximum Gasteiger partial charge on any atom is 0.342 e. The molecule has 0 aliphatic rings. The summed E-state index contributed by atoms with van der Waals surface area (Å²) in [5, 5.41) is 4.95. The predicted octanol–water partition coefficient (Wildman–Crippen LogP) is 5.40. The largest absolute Gasteiger partial charge is 0.456 e. The summed E-state index contributed by atoms with van der Waals surface area (Å²) < 4.78 is 10.9. The molecule has 0 atom stereocenters. The normalized spacial score (nSPS) is 10.3. The minimum atomic E-state index is -0.647. The number of nitrogens with one attached hydrogen (secondary N) is 1. The van der Waals surface area contributed by atoms with E-state index in [4.69, 9.17) is 9.47 Å². The molecule has 0 bridgehead atoms. The van der Waals surface area contributed by atoms with E-state index in [0.717, 1.165) is 11.3 Å². The molecule has 1 N–H and O–H groups in total. The molecular weight excluding hydrogens is 412 g/mol.